The van der Waals surface area contributed by atoms with Crippen LogP contribution in [-0.2, 0) is 14.8 Å². The maximum absolute atomic E-state index is 11.8. The standard InChI is InChI=1S/C16H32N4O3S/c1-16(2,3)23-14-6-10-19(11-7-14)15(17-4)18-8-12-20-9-5-13-24(20,21)22/h14H,5-13H2,1-4H3,(H,17,18). The van der Waals surface area contributed by atoms with Crippen molar-refractivity contribution >= 4 is 16.0 Å². The molecule has 0 aromatic heterocycles. The quantitative estimate of drug-likeness (QED) is 0.595. The van der Waals surface area contributed by atoms with Crippen molar-refractivity contribution in [2.24, 2.45) is 4.99 Å². The van der Waals surface area contributed by atoms with E-state index in [1.165, 1.54) is 0 Å². The summed E-state index contributed by atoms with van der Waals surface area (Å²) in [4.78, 5) is 6.56. The van der Waals surface area contributed by atoms with Crippen LogP contribution in [0.15, 0.2) is 4.99 Å². The average Bonchev–Trinajstić information content (AvgIpc) is 2.82. The highest BCUT2D eigenvalue weighted by Crippen LogP contribution is 2.20. The van der Waals surface area contributed by atoms with E-state index in [0.29, 0.717) is 25.7 Å². The lowest BCUT2D eigenvalue weighted by Crippen LogP contribution is -2.49. The SMILES string of the molecule is CN=C(NCCN1CCCS1(=O)=O)N1CCC(OC(C)(C)C)CC1. The molecular weight excluding hydrogens is 328 g/mol. The van der Waals surface area contributed by atoms with Gasteiger partial charge in [0.15, 0.2) is 5.96 Å². The van der Waals surface area contributed by atoms with Crippen LogP contribution in [0.5, 0.6) is 0 Å². The number of hydrogen-bond acceptors (Lipinski definition) is 4. The third-order valence-corrected chi connectivity index (χ3v) is 6.28. The molecule has 0 amide bonds. The van der Waals surface area contributed by atoms with Gasteiger partial charge >= 0.3 is 0 Å². The molecule has 140 valence electrons. The Morgan fingerprint density at radius 1 is 1.25 bits per heavy atom. The average molecular weight is 361 g/mol. The van der Waals surface area contributed by atoms with Gasteiger partial charge in [-0.3, -0.25) is 4.99 Å². The summed E-state index contributed by atoms with van der Waals surface area (Å²) in [6, 6.07) is 0. The van der Waals surface area contributed by atoms with Crippen LogP contribution in [0.1, 0.15) is 40.0 Å². The van der Waals surface area contributed by atoms with Crippen molar-refractivity contribution in [1.82, 2.24) is 14.5 Å². The van der Waals surface area contributed by atoms with Gasteiger partial charge in [-0.2, -0.15) is 0 Å². The van der Waals surface area contributed by atoms with Gasteiger partial charge in [0.2, 0.25) is 10.0 Å². The topological polar surface area (TPSA) is 74.2 Å². The highest BCUT2D eigenvalue weighted by molar-refractivity contribution is 7.89. The molecule has 0 atom stereocenters. The summed E-state index contributed by atoms with van der Waals surface area (Å²) in [6.07, 6.45) is 3.00. The number of sulfonamides is 1. The van der Waals surface area contributed by atoms with Crippen LogP contribution in [0.4, 0.5) is 0 Å². The largest absolute Gasteiger partial charge is 0.372 e. The van der Waals surface area contributed by atoms with Gasteiger partial charge in [0.1, 0.15) is 0 Å². The monoisotopic (exact) mass is 360 g/mol. The lowest BCUT2D eigenvalue weighted by atomic mass is 10.1. The van der Waals surface area contributed by atoms with Crippen molar-refractivity contribution < 1.29 is 13.2 Å². The molecule has 0 aliphatic carbocycles. The van der Waals surface area contributed by atoms with E-state index in [2.05, 4.69) is 36.0 Å². The van der Waals surface area contributed by atoms with Crippen LogP contribution in [0.3, 0.4) is 0 Å². The zero-order valence-corrected chi connectivity index (χ0v) is 16.2. The molecule has 2 aliphatic heterocycles. The summed E-state index contributed by atoms with van der Waals surface area (Å²) >= 11 is 0. The van der Waals surface area contributed by atoms with Gasteiger partial charge in [0.25, 0.3) is 0 Å². The van der Waals surface area contributed by atoms with Crippen LogP contribution in [0.2, 0.25) is 0 Å². The molecule has 0 aromatic rings. The number of hydrogen-bond donors (Lipinski definition) is 1. The summed E-state index contributed by atoms with van der Waals surface area (Å²) in [5.41, 5.74) is -0.103. The molecule has 1 N–H and O–H groups in total. The molecule has 0 spiro atoms. The fraction of sp³-hybridized carbons (Fsp3) is 0.938. The first-order chi connectivity index (χ1) is 11.2. The molecule has 2 rings (SSSR count). The van der Waals surface area contributed by atoms with Gasteiger partial charge in [-0.1, -0.05) is 0 Å². The smallest absolute Gasteiger partial charge is 0.214 e. The summed E-state index contributed by atoms with van der Waals surface area (Å²) in [7, 11) is -1.25. The minimum atomic E-state index is -3.02. The van der Waals surface area contributed by atoms with Crippen molar-refractivity contribution in [2.75, 3.05) is 45.5 Å². The Bertz CT molecular complexity index is 534. The van der Waals surface area contributed by atoms with E-state index < -0.39 is 10.0 Å². The number of guanidine groups is 1. The minimum Gasteiger partial charge on any atom is -0.372 e. The Kier molecular flexibility index (Phi) is 6.50. The number of aliphatic imine (C=N–C) groups is 1. The molecule has 0 saturated carbocycles. The van der Waals surface area contributed by atoms with Crippen molar-refractivity contribution in [3.05, 3.63) is 0 Å². The van der Waals surface area contributed by atoms with E-state index in [1.807, 2.05) is 0 Å². The van der Waals surface area contributed by atoms with Crippen LogP contribution < -0.4 is 5.32 Å². The molecule has 2 heterocycles. The van der Waals surface area contributed by atoms with E-state index in [9.17, 15) is 8.42 Å². The molecule has 24 heavy (non-hydrogen) atoms. The van der Waals surface area contributed by atoms with Crippen molar-refractivity contribution in [1.29, 1.82) is 0 Å². The predicted octanol–water partition coefficient (Wildman–Crippen LogP) is 0.877. The summed E-state index contributed by atoms with van der Waals surface area (Å²) in [5, 5.41) is 3.30. The van der Waals surface area contributed by atoms with Gasteiger partial charge in [0, 0.05) is 39.8 Å². The number of nitrogens with zero attached hydrogens (tertiary/aromatic N) is 3. The highest BCUT2D eigenvalue weighted by atomic mass is 32.2. The Morgan fingerprint density at radius 2 is 1.92 bits per heavy atom. The van der Waals surface area contributed by atoms with Gasteiger partial charge in [-0.15, -0.1) is 0 Å². The first-order valence-corrected chi connectivity index (χ1v) is 10.4. The third kappa shape index (κ3) is 5.60. The normalized spacial score (nSPS) is 23.7. The summed E-state index contributed by atoms with van der Waals surface area (Å²) in [6.45, 7) is 9.81. The lowest BCUT2D eigenvalue weighted by Gasteiger charge is -2.37. The van der Waals surface area contributed by atoms with E-state index in [-0.39, 0.29) is 11.4 Å². The molecule has 2 aliphatic rings. The molecule has 0 radical (unpaired) electrons. The minimum absolute atomic E-state index is 0.103. The van der Waals surface area contributed by atoms with Gasteiger partial charge < -0.3 is 15.0 Å². The van der Waals surface area contributed by atoms with Crippen LogP contribution in [0, 0.1) is 0 Å². The van der Waals surface area contributed by atoms with Gasteiger partial charge in [-0.25, -0.2) is 12.7 Å². The Labute approximate surface area is 146 Å². The predicted molar refractivity (Wildman–Crippen MR) is 96.8 cm³/mol. The number of rotatable bonds is 4. The van der Waals surface area contributed by atoms with Crippen LogP contribution >= 0.6 is 0 Å². The molecule has 0 unspecified atom stereocenters. The second-order valence-corrected chi connectivity index (χ2v) is 9.55. The second-order valence-electron chi connectivity index (χ2n) is 7.46. The van der Waals surface area contributed by atoms with E-state index >= 15 is 0 Å². The van der Waals surface area contributed by atoms with E-state index in [0.717, 1.165) is 38.3 Å². The van der Waals surface area contributed by atoms with Crippen LogP contribution in [-0.4, -0.2) is 80.8 Å². The molecule has 2 fully saturated rings. The molecule has 7 nitrogen and oxygen atoms in total. The molecule has 2 saturated heterocycles. The molecular formula is C16H32N4O3S. The zero-order valence-electron chi connectivity index (χ0n) is 15.4. The Morgan fingerprint density at radius 3 is 2.42 bits per heavy atom. The Balaban J connectivity index is 1.75. The molecule has 0 aromatic carbocycles. The fourth-order valence-corrected chi connectivity index (χ4v) is 4.78. The maximum atomic E-state index is 11.8. The van der Waals surface area contributed by atoms with Gasteiger partial charge in [-0.05, 0) is 40.0 Å². The third-order valence-electron chi connectivity index (χ3n) is 4.32. The van der Waals surface area contributed by atoms with Crippen molar-refractivity contribution in [3.8, 4) is 0 Å². The zero-order chi connectivity index (χ0) is 17.8. The maximum Gasteiger partial charge on any atom is 0.214 e. The van der Waals surface area contributed by atoms with Crippen LogP contribution in [0.25, 0.3) is 0 Å². The second kappa shape index (κ2) is 8.01. The summed E-state index contributed by atoms with van der Waals surface area (Å²) in [5.74, 6) is 1.13. The fourth-order valence-electron chi connectivity index (χ4n) is 3.25. The van der Waals surface area contributed by atoms with Crippen molar-refractivity contribution in [3.63, 3.8) is 0 Å². The first-order valence-electron chi connectivity index (χ1n) is 8.82. The molecule has 0 bridgehead atoms. The van der Waals surface area contributed by atoms with E-state index in [1.54, 1.807) is 11.4 Å². The van der Waals surface area contributed by atoms with Crippen molar-refractivity contribution in [2.45, 2.75) is 51.7 Å². The number of nitrogens with one attached hydrogen (secondary N) is 1. The number of ether oxygens (including phenoxy) is 1. The first kappa shape index (κ1) is 19.5. The molecule has 8 heteroatoms. The number of likely N-dealkylation sites (tertiary alicyclic amines) is 1. The summed E-state index contributed by atoms with van der Waals surface area (Å²) < 4.78 is 31.2. The Hall–Kier alpha value is -0.860. The van der Waals surface area contributed by atoms with E-state index in [4.69, 9.17) is 4.74 Å². The van der Waals surface area contributed by atoms with Gasteiger partial charge in [0.05, 0.1) is 17.5 Å². The lowest BCUT2D eigenvalue weighted by molar-refractivity contribution is -0.0772. The highest BCUT2D eigenvalue weighted by Gasteiger charge is 2.28. The number of piperidine rings is 1.